The number of hydrogen-bond acceptors (Lipinski definition) is 4. The standard InChI is InChI=1S/C13H17FN2O3S2/c1-19-10-6-3-5-9(10)16-21(17,18)11-7-2-4-8(14)12(11)13(15)20/h2,4,7,9-10,16H,3,5-6H2,1H3,(H2,15,20). The molecular weight excluding hydrogens is 315 g/mol. The number of rotatable bonds is 5. The maximum atomic E-state index is 13.8. The first-order chi connectivity index (χ1) is 9.86. The lowest BCUT2D eigenvalue weighted by Crippen LogP contribution is -2.41. The summed E-state index contributed by atoms with van der Waals surface area (Å²) in [5.74, 6) is -0.750. The molecule has 21 heavy (non-hydrogen) atoms. The molecule has 116 valence electrons. The minimum atomic E-state index is -3.92. The van der Waals surface area contributed by atoms with Gasteiger partial charge in [-0.2, -0.15) is 0 Å². The molecule has 0 aromatic heterocycles. The predicted octanol–water partition coefficient (Wildman–Crippen LogP) is 1.31. The van der Waals surface area contributed by atoms with E-state index >= 15 is 0 Å². The number of benzene rings is 1. The molecule has 0 radical (unpaired) electrons. The summed E-state index contributed by atoms with van der Waals surface area (Å²) in [6.45, 7) is 0. The average molecular weight is 332 g/mol. The minimum absolute atomic E-state index is 0.179. The number of nitrogens with one attached hydrogen (secondary N) is 1. The van der Waals surface area contributed by atoms with Crippen LogP contribution in [0, 0.1) is 5.82 Å². The van der Waals surface area contributed by atoms with E-state index in [9.17, 15) is 12.8 Å². The Morgan fingerprint density at radius 1 is 1.48 bits per heavy atom. The van der Waals surface area contributed by atoms with Crippen molar-refractivity contribution in [3.8, 4) is 0 Å². The van der Waals surface area contributed by atoms with E-state index in [2.05, 4.69) is 4.72 Å². The van der Waals surface area contributed by atoms with Crippen molar-refractivity contribution in [1.29, 1.82) is 0 Å². The summed E-state index contributed by atoms with van der Waals surface area (Å²) in [6.07, 6.45) is 2.16. The SMILES string of the molecule is COC1CCCC1NS(=O)(=O)c1cccc(F)c1C(N)=S. The molecule has 3 N–H and O–H groups in total. The molecule has 2 atom stereocenters. The van der Waals surface area contributed by atoms with Crippen LogP contribution in [0.2, 0.25) is 0 Å². The molecule has 0 bridgehead atoms. The first kappa shape index (κ1) is 16.3. The molecule has 8 heteroatoms. The molecule has 2 unspecified atom stereocenters. The van der Waals surface area contributed by atoms with Crippen molar-refractivity contribution in [1.82, 2.24) is 4.72 Å². The molecule has 5 nitrogen and oxygen atoms in total. The van der Waals surface area contributed by atoms with Crippen molar-refractivity contribution in [2.24, 2.45) is 5.73 Å². The lowest BCUT2D eigenvalue weighted by Gasteiger charge is -2.20. The lowest BCUT2D eigenvalue weighted by atomic mass is 10.2. The largest absolute Gasteiger partial charge is 0.389 e. The maximum Gasteiger partial charge on any atom is 0.241 e. The van der Waals surface area contributed by atoms with Crippen LogP contribution in [-0.2, 0) is 14.8 Å². The van der Waals surface area contributed by atoms with Gasteiger partial charge in [0.15, 0.2) is 0 Å². The van der Waals surface area contributed by atoms with E-state index in [0.29, 0.717) is 6.42 Å². The highest BCUT2D eigenvalue weighted by molar-refractivity contribution is 7.89. The van der Waals surface area contributed by atoms with Gasteiger partial charge in [0.05, 0.1) is 16.6 Å². The van der Waals surface area contributed by atoms with Crippen molar-refractivity contribution in [2.75, 3.05) is 7.11 Å². The summed E-state index contributed by atoms with van der Waals surface area (Å²) < 4.78 is 46.6. The van der Waals surface area contributed by atoms with Crippen molar-refractivity contribution in [3.05, 3.63) is 29.6 Å². The fourth-order valence-electron chi connectivity index (χ4n) is 2.57. The van der Waals surface area contributed by atoms with Crippen LogP contribution in [0.3, 0.4) is 0 Å². The van der Waals surface area contributed by atoms with Gasteiger partial charge in [-0.25, -0.2) is 17.5 Å². The van der Waals surface area contributed by atoms with Crippen LogP contribution in [0.5, 0.6) is 0 Å². The van der Waals surface area contributed by atoms with Gasteiger partial charge >= 0.3 is 0 Å². The van der Waals surface area contributed by atoms with Gasteiger partial charge in [-0.1, -0.05) is 18.3 Å². The zero-order chi connectivity index (χ0) is 15.6. The van der Waals surface area contributed by atoms with Crippen LogP contribution in [0.25, 0.3) is 0 Å². The molecule has 1 aromatic rings. The summed E-state index contributed by atoms with van der Waals surface area (Å²) in [4.78, 5) is -0.528. The van der Waals surface area contributed by atoms with Gasteiger partial charge in [0.1, 0.15) is 10.8 Å². The van der Waals surface area contributed by atoms with Gasteiger partial charge in [-0.05, 0) is 31.4 Å². The normalized spacial score (nSPS) is 22.4. The highest BCUT2D eigenvalue weighted by Crippen LogP contribution is 2.25. The van der Waals surface area contributed by atoms with Gasteiger partial charge in [0.2, 0.25) is 10.0 Å². The minimum Gasteiger partial charge on any atom is -0.389 e. The topological polar surface area (TPSA) is 81.4 Å². The van der Waals surface area contributed by atoms with Gasteiger partial charge in [0.25, 0.3) is 0 Å². The van der Waals surface area contributed by atoms with E-state index in [0.717, 1.165) is 18.9 Å². The number of halogens is 1. The Morgan fingerprint density at radius 3 is 2.81 bits per heavy atom. The smallest absolute Gasteiger partial charge is 0.241 e. The zero-order valence-electron chi connectivity index (χ0n) is 11.5. The molecule has 0 spiro atoms. The number of nitrogens with two attached hydrogens (primary N) is 1. The number of hydrogen-bond donors (Lipinski definition) is 2. The second kappa shape index (κ2) is 6.35. The van der Waals surface area contributed by atoms with Crippen LogP contribution in [0.15, 0.2) is 23.1 Å². The summed E-state index contributed by atoms with van der Waals surface area (Å²) in [5.41, 5.74) is 5.19. The van der Waals surface area contributed by atoms with Gasteiger partial charge in [-0.15, -0.1) is 0 Å². The number of ether oxygens (including phenoxy) is 1. The molecule has 0 saturated heterocycles. The molecule has 0 aliphatic heterocycles. The third-order valence-corrected chi connectivity index (χ3v) is 5.31. The molecule has 1 aliphatic rings. The molecule has 0 heterocycles. The third kappa shape index (κ3) is 3.39. The van der Waals surface area contributed by atoms with Gasteiger partial charge < -0.3 is 10.5 Å². The second-order valence-corrected chi connectivity index (χ2v) is 7.03. The molecular formula is C13H17FN2O3S2. The lowest BCUT2D eigenvalue weighted by molar-refractivity contribution is 0.0916. The van der Waals surface area contributed by atoms with Crippen LogP contribution in [-0.4, -0.2) is 32.7 Å². The Labute approximate surface area is 128 Å². The Hall–Kier alpha value is -1.09. The Kier molecular flexibility index (Phi) is 4.92. The Balaban J connectivity index is 2.36. The van der Waals surface area contributed by atoms with Crippen LogP contribution in [0.4, 0.5) is 4.39 Å². The molecule has 2 rings (SSSR count). The number of sulfonamides is 1. The average Bonchev–Trinajstić information content (AvgIpc) is 2.84. The molecule has 0 amide bonds. The van der Waals surface area contributed by atoms with Crippen LogP contribution in [0.1, 0.15) is 24.8 Å². The molecule has 1 fully saturated rings. The molecule has 1 saturated carbocycles. The van der Waals surface area contributed by atoms with Crippen molar-refractivity contribution < 1.29 is 17.5 Å². The zero-order valence-corrected chi connectivity index (χ0v) is 13.1. The Morgan fingerprint density at radius 2 is 2.19 bits per heavy atom. The van der Waals surface area contributed by atoms with E-state index in [1.807, 2.05) is 0 Å². The van der Waals surface area contributed by atoms with Gasteiger partial charge in [-0.3, -0.25) is 0 Å². The Bertz CT molecular complexity index is 649. The van der Waals surface area contributed by atoms with Crippen molar-refractivity contribution in [3.63, 3.8) is 0 Å². The fraction of sp³-hybridized carbons (Fsp3) is 0.462. The van der Waals surface area contributed by atoms with E-state index in [1.165, 1.54) is 12.1 Å². The summed E-state index contributed by atoms with van der Waals surface area (Å²) >= 11 is 4.76. The molecule has 1 aromatic carbocycles. The fourth-order valence-corrected chi connectivity index (χ4v) is 4.37. The second-order valence-electron chi connectivity index (χ2n) is 4.91. The summed E-state index contributed by atoms with van der Waals surface area (Å²) in [7, 11) is -2.38. The highest BCUT2D eigenvalue weighted by Gasteiger charge is 2.32. The quantitative estimate of drug-likeness (QED) is 0.795. The van der Waals surface area contributed by atoms with Crippen LogP contribution >= 0.6 is 12.2 Å². The first-order valence-corrected chi connectivity index (χ1v) is 8.39. The predicted molar refractivity (Wildman–Crippen MR) is 81.0 cm³/mol. The maximum absolute atomic E-state index is 13.8. The summed E-state index contributed by atoms with van der Waals surface area (Å²) in [6, 6.07) is 3.40. The molecule has 1 aliphatic carbocycles. The van der Waals surface area contributed by atoms with Crippen LogP contribution < -0.4 is 10.5 Å². The van der Waals surface area contributed by atoms with E-state index < -0.39 is 15.8 Å². The van der Waals surface area contributed by atoms with Crippen molar-refractivity contribution in [2.45, 2.75) is 36.3 Å². The highest BCUT2D eigenvalue weighted by atomic mass is 32.2. The first-order valence-electron chi connectivity index (χ1n) is 6.50. The number of methoxy groups -OCH3 is 1. The van der Waals surface area contributed by atoms with Crippen molar-refractivity contribution >= 4 is 27.2 Å². The number of thiocarbonyl (C=S) groups is 1. The van der Waals surface area contributed by atoms with Gasteiger partial charge in [0, 0.05) is 13.2 Å². The monoisotopic (exact) mass is 332 g/mol. The van der Waals surface area contributed by atoms with E-state index in [-0.39, 0.29) is 27.6 Å². The summed E-state index contributed by atoms with van der Waals surface area (Å²) in [5, 5.41) is 0. The van der Waals surface area contributed by atoms with E-state index in [1.54, 1.807) is 7.11 Å². The third-order valence-electron chi connectivity index (χ3n) is 3.57. The van der Waals surface area contributed by atoms with E-state index in [4.69, 9.17) is 22.7 Å².